The van der Waals surface area contributed by atoms with Gasteiger partial charge in [-0.3, -0.25) is 4.79 Å². The largest absolute Gasteiger partial charge is 0.393 e. The third-order valence-corrected chi connectivity index (χ3v) is 5.00. The Labute approximate surface area is 169 Å². The number of halogens is 2. The van der Waals surface area contributed by atoms with E-state index in [1.165, 1.54) is 6.20 Å². The topological polar surface area (TPSA) is 94.1 Å². The number of anilines is 1. The summed E-state index contributed by atoms with van der Waals surface area (Å²) in [6.07, 6.45) is 3.49. The molecule has 3 heterocycles. The number of nitrogens with zero attached hydrogens (tertiary/aromatic N) is 3. The number of fused-ring (bicyclic) bond motifs is 1. The van der Waals surface area contributed by atoms with Crippen LogP contribution in [0.4, 0.5) is 14.7 Å². The molecular formula is C20H31F2N5O2. The molecule has 3 N–H and O–H groups in total. The van der Waals surface area contributed by atoms with E-state index in [1.54, 1.807) is 0 Å². The highest BCUT2D eigenvalue weighted by molar-refractivity contribution is 5.75. The standard InChI is InChI=1S/C14H17F2N5O.C6H14O/c1-21-4-2-9(3-5-21)18-14-17-7-8-6-10(11(15)16)13(22)19-12(8)20-14;1-3-5-6(7)4-2/h6-7,9,11H,2-5H2,1H3,(H2,17,18,19,20,22);6-7H,3-5H2,1-2H3. The summed E-state index contributed by atoms with van der Waals surface area (Å²) in [4.78, 5) is 24.6. The highest BCUT2D eigenvalue weighted by atomic mass is 19.3. The lowest BCUT2D eigenvalue weighted by Gasteiger charge is -2.29. The predicted molar refractivity (Wildman–Crippen MR) is 110 cm³/mol. The van der Waals surface area contributed by atoms with Crippen LogP contribution >= 0.6 is 0 Å². The molecule has 2 aromatic heterocycles. The van der Waals surface area contributed by atoms with Gasteiger partial charge in [-0.1, -0.05) is 20.3 Å². The van der Waals surface area contributed by atoms with Crippen molar-refractivity contribution in [1.82, 2.24) is 19.9 Å². The van der Waals surface area contributed by atoms with E-state index in [-0.39, 0.29) is 17.8 Å². The molecule has 0 radical (unpaired) electrons. The Balaban J connectivity index is 0.000000370. The second-order valence-corrected chi connectivity index (χ2v) is 7.42. The lowest BCUT2D eigenvalue weighted by Crippen LogP contribution is -2.37. The molecule has 162 valence electrons. The van der Waals surface area contributed by atoms with Gasteiger partial charge in [0, 0.05) is 17.6 Å². The second kappa shape index (κ2) is 11.2. The van der Waals surface area contributed by atoms with E-state index in [2.05, 4.69) is 39.1 Å². The van der Waals surface area contributed by atoms with Crippen molar-refractivity contribution in [3.05, 3.63) is 28.2 Å². The van der Waals surface area contributed by atoms with Crippen molar-refractivity contribution in [2.45, 2.75) is 64.5 Å². The molecule has 0 saturated carbocycles. The number of likely N-dealkylation sites (tertiary alicyclic amines) is 1. The summed E-state index contributed by atoms with van der Waals surface area (Å²) in [5.74, 6) is 0.405. The monoisotopic (exact) mass is 411 g/mol. The zero-order valence-electron chi connectivity index (χ0n) is 17.3. The van der Waals surface area contributed by atoms with Crippen LogP contribution in [-0.4, -0.2) is 57.2 Å². The second-order valence-electron chi connectivity index (χ2n) is 7.42. The molecule has 0 spiro atoms. The van der Waals surface area contributed by atoms with Gasteiger partial charge in [-0.05, 0) is 51.9 Å². The average Bonchev–Trinajstić information content (AvgIpc) is 2.69. The minimum atomic E-state index is -2.81. The van der Waals surface area contributed by atoms with E-state index in [0.717, 1.165) is 51.3 Å². The first-order chi connectivity index (χ1) is 13.8. The smallest absolute Gasteiger partial charge is 0.269 e. The van der Waals surface area contributed by atoms with E-state index in [9.17, 15) is 13.6 Å². The zero-order valence-corrected chi connectivity index (χ0v) is 17.3. The van der Waals surface area contributed by atoms with Crippen LogP contribution in [0.3, 0.4) is 0 Å². The van der Waals surface area contributed by atoms with Gasteiger partial charge in [0.05, 0.1) is 11.7 Å². The maximum Gasteiger partial charge on any atom is 0.269 e. The SMILES string of the molecule is CCCC(O)CC.CN1CCC(Nc2ncc3cc(C(F)F)c(=O)[nH]c3n2)CC1. The van der Waals surface area contributed by atoms with Gasteiger partial charge >= 0.3 is 0 Å². The van der Waals surface area contributed by atoms with Crippen molar-refractivity contribution in [3.8, 4) is 0 Å². The summed E-state index contributed by atoms with van der Waals surface area (Å²) in [6, 6.07) is 1.42. The maximum absolute atomic E-state index is 12.7. The molecule has 0 aliphatic carbocycles. The van der Waals surface area contributed by atoms with Crippen molar-refractivity contribution >= 4 is 17.0 Å². The highest BCUT2D eigenvalue weighted by Crippen LogP contribution is 2.19. The molecule has 1 atom stereocenters. The molecule has 1 aliphatic rings. The summed E-state index contributed by atoms with van der Waals surface area (Å²) >= 11 is 0. The number of nitrogens with one attached hydrogen (secondary N) is 2. The molecule has 1 aliphatic heterocycles. The van der Waals surface area contributed by atoms with Crippen molar-refractivity contribution in [2.24, 2.45) is 0 Å². The lowest BCUT2D eigenvalue weighted by atomic mass is 10.1. The molecule has 7 nitrogen and oxygen atoms in total. The Hall–Kier alpha value is -2.13. The molecule has 9 heteroatoms. The van der Waals surface area contributed by atoms with Crippen LogP contribution in [0.25, 0.3) is 11.0 Å². The van der Waals surface area contributed by atoms with E-state index < -0.39 is 17.5 Å². The lowest BCUT2D eigenvalue weighted by molar-refractivity contribution is 0.150. The first kappa shape index (κ1) is 23.2. The van der Waals surface area contributed by atoms with E-state index >= 15 is 0 Å². The number of H-pyrrole nitrogens is 1. The Morgan fingerprint density at radius 1 is 1.34 bits per heavy atom. The minimum absolute atomic E-state index is 0.0509. The summed E-state index contributed by atoms with van der Waals surface area (Å²) in [7, 11) is 2.08. The van der Waals surface area contributed by atoms with Gasteiger partial charge in [-0.2, -0.15) is 4.98 Å². The molecule has 2 aromatic rings. The Bertz CT molecular complexity index is 822. The summed E-state index contributed by atoms with van der Waals surface area (Å²) in [5.41, 5.74) is -1.11. The Morgan fingerprint density at radius 3 is 2.59 bits per heavy atom. The number of aliphatic hydroxyl groups excluding tert-OH is 1. The summed E-state index contributed by atoms with van der Waals surface area (Å²) in [5, 5.41) is 12.5. The van der Waals surface area contributed by atoms with Gasteiger partial charge in [-0.25, -0.2) is 13.8 Å². The van der Waals surface area contributed by atoms with Crippen LogP contribution < -0.4 is 10.9 Å². The molecule has 0 aromatic carbocycles. The van der Waals surface area contributed by atoms with Crippen molar-refractivity contribution in [1.29, 1.82) is 0 Å². The third kappa shape index (κ3) is 7.01. The molecule has 1 saturated heterocycles. The fourth-order valence-electron chi connectivity index (χ4n) is 3.11. The number of rotatable bonds is 6. The van der Waals surface area contributed by atoms with Crippen molar-refractivity contribution in [3.63, 3.8) is 0 Å². The number of piperidine rings is 1. The van der Waals surface area contributed by atoms with Crippen LogP contribution in [0.1, 0.15) is 57.9 Å². The van der Waals surface area contributed by atoms with E-state index in [0.29, 0.717) is 11.3 Å². The summed E-state index contributed by atoms with van der Waals surface area (Å²) < 4.78 is 25.4. The molecule has 1 fully saturated rings. The predicted octanol–water partition coefficient (Wildman–Crippen LogP) is 3.32. The highest BCUT2D eigenvalue weighted by Gasteiger charge is 2.18. The molecule has 3 rings (SSSR count). The van der Waals surface area contributed by atoms with Crippen LogP contribution in [0.2, 0.25) is 0 Å². The van der Waals surface area contributed by atoms with E-state index in [1.807, 2.05) is 6.92 Å². The number of aromatic amines is 1. The first-order valence-electron chi connectivity index (χ1n) is 10.1. The van der Waals surface area contributed by atoms with Gasteiger partial charge < -0.3 is 20.3 Å². The van der Waals surface area contributed by atoms with Gasteiger partial charge in [0.2, 0.25) is 5.95 Å². The average molecular weight is 411 g/mol. The molecule has 0 amide bonds. The third-order valence-electron chi connectivity index (χ3n) is 5.00. The normalized spacial score (nSPS) is 16.5. The Morgan fingerprint density at radius 2 is 2.03 bits per heavy atom. The number of hydrogen-bond acceptors (Lipinski definition) is 6. The van der Waals surface area contributed by atoms with Crippen molar-refractivity contribution < 1.29 is 13.9 Å². The maximum atomic E-state index is 12.7. The fourth-order valence-corrected chi connectivity index (χ4v) is 3.11. The molecule has 0 bridgehead atoms. The number of alkyl halides is 2. The first-order valence-corrected chi connectivity index (χ1v) is 10.1. The minimum Gasteiger partial charge on any atom is -0.393 e. The molecule has 1 unspecified atom stereocenters. The van der Waals surface area contributed by atoms with Crippen LogP contribution in [0, 0.1) is 0 Å². The van der Waals surface area contributed by atoms with Gasteiger partial charge in [-0.15, -0.1) is 0 Å². The van der Waals surface area contributed by atoms with Gasteiger partial charge in [0.25, 0.3) is 12.0 Å². The number of aromatic nitrogens is 3. The zero-order chi connectivity index (χ0) is 21.4. The Kier molecular flexibility index (Phi) is 8.91. The van der Waals surface area contributed by atoms with Gasteiger partial charge in [0.15, 0.2) is 0 Å². The van der Waals surface area contributed by atoms with Crippen LogP contribution in [0.5, 0.6) is 0 Å². The van der Waals surface area contributed by atoms with Gasteiger partial charge in [0.1, 0.15) is 5.65 Å². The number of hydrogen-bond donors (Lipinski definition) is 3. The number of aliphatic hydroxyl groups is 1. The fraction of sp³-hybridized carbons (Fsp3) is 0.650. The van der Waals surface area contributed by atoms with Crippen LogP contribution in [-0.2, 0) is 0 Å². The molecule has 29 heavy (non-hydrogen) atoms. The molecular weight excluding hydrogens is 380 g/mol. The summed E-state index contributed by atoms with van der Waals surface area (Å²) in [6.45, 7) is 6.08. The quantitative estimate of drug-likeness (QED) is 0.675. The van der Waals surface area contributed by atoms with E-state index in [4.69, 9.17) is 5.11 Å². The van der Waals surface area contributed by atoms with Crippen LogP contribution in [0.15, 0.2) is 17.1 Å². The van der Waals surface area contributed by atoms with Crippen molar-refractivity contribution in [2.75, 3.05) is 25.5 Å². The number of pyridine rings is 1.